The van der Waals surface area contributed by atoms with E-state index < -0.39 is 5.97 Å². The molecule has 3 rings (SSSR count). The molecule has 0 aliphatic heterocycles. The van der Waals surface area contributed by atoms with E-state index in [4.69, 9.17) is 16.3 Å². The van der Waals surface area contributed by atoms with Crippen LogP contribution in [0, 0.1) is 0 Å². The van der Waals surface area contributed by atoms with Crippen molar-refractivity contribution in [3.63, 3.8) is 0 Å². The van der Waals surface area contributed by atoms with E-state index in [-0.39, 0.29) is 5.15 Å². The van der Waals surface area contributed by atoms with Crippen LogP contribution in [0.15, 0.2) is 30.5 Å². The Bertz CT molecular complexity index is 843. The molecule has 23 heavy (non-hydrogen) atoms. The second-order valence-electron chi connectivity index (χ2n) is 4.98. The van der Waals surface area contributed by atoms with E-state index in [2.05, 4.69) is 20.9 Å². The van der Waals surface area contributed by atoms with Crippen LogP contribution in [0.4, 0.5) is 5.13 Å². The number of anilines is 1. The number of carbonyl (C=O) groups excluding carboxylic acids is 1. The lowest BCUT2D eigenvalue weighted by molar-refractivity contribution is 0.0606. The van der Waals surface area contributed by atoms with Gasteiger partial charge in [0.1, 0.15) is 0 Å². The van der Waals surface area contributed by atoms with Gasteiger partial charge in [0.25, 0.3) is 0 Å². The summed E-state index contributed by atoms with van der Waals surface area (Å²) in [5.41, 5.74) is 2.28. The highest BCUT2D eigenvalue weighted by Crippen LogP contribution is 2.31. The lowest BCUT2D eigenvalue weighted by Gasteiger charge is -2.19. The predicted molar refractivity (Wildman–Crippen MR) is 93.5 cm³/mol. The summed E-state index contributed by atoms with van der Waals surface area (Å²) in [5, 5.41) is 2.08. The molecule has 0 atom stereocenters. The van der Waals surface area contributed by atoms with E-state index in [1.165, 1.54) is 29.4 Å². The molecule has 3 aromatic rings. The van der Waals surface area contributed by atoms with E-state index in [0.717, 1.165) is 12.1 Å². The molecule has 0 radical (unpaired) electrons. The van der Waals surface area contributed by atoms with Crippen molar-refractivity contribution in [3.8, 4) is 0 Å². The number of benzene rings is 1. The maximum Gasteiger partial charge on any atom is 0.351 e. The van der Waals surface area contributed by atoms with E-state index in [0.29, 0.717) is 16.6 Å². The third-order valence-electron chi connectivity index (χ3n) is 3.63. The number of aromatic amines is 1. The number of H-pyrrole nitrogens is 1. The van der Waals surface area contributed by atoms with Crippen molar-refractivity contribution in [1.82, 2.24) is 9.97 Å². The number of ether oxygens (including phenoxy) is 1. The van der Waals surface area contributed by atoms with Crippen molar-refractivity contribution in [1.29, 1.82) is 0 Å². The highest BCUT2D eigenvalue weighted by Gasteiger charge is 2.20. The molecule has 2 aromatic heterocycles. The van der Waals surface area contributed by atoms with Gasteiger partial charge in [0, 0.05) is 30.2 Å². The van der Waals surface area contributed by atoms with Crippen molar-refractivity contribution in [2.24, 2.45) is 0 Å². The molecule has 0 unspecified atom stereocenters. The Morgan fingerprint density at radius 3 is 2.96 bits per heavy atom. The highest BCUT2D eigenvalue weighted by atomic mass is 35.5. The fourth-order valence-electron chi connectivity index (χ4n) is 2.43. The third kappa shape index (κ3) is 3.04. The monoisotopic (exact) mass is 349 g/mol. The molecule has 0 aliphatic carbocycles. The number of nitrogens with one attached hydrogen (secondary N) is 1. The normalized spacial score (nSPS) is 10.9. The van der Waals surface area contributed by atoms with Gasteiger partial charge in [0.15, 0.2) is 15.2 Å². The van der Waals surface area contributed by atoms with Crippen LogP contribution in [0.1, 0.15) is 22.2 Å². The molecule has 120 valence electrons. The summed E-state index contributed by atoms with van der Waals surface area (Å²) < 4.78 is 4.73. The molecule has 0 saturated carbocycles. The summed E-state index contributed by atoms with van der Waals surface area (Å²) in [6.45, 7) is 3.48. The van der Waals surface area contributed by atoms with Gasteiger partial charge in [-0.25, -0.2) is 9.78 Å². The average molecular weight is 350 g/mol. The maximum absolute atomic E-state index is 11.7. The number of thiazole rings is 1. The van der Waals surface area contributed by atoms with Crippen molar-refractivity contribution in [2.75, 3.05) is 18.6 Å². The minimum Gasteiger partial charge on any atom is -0.465 e. The zero-order chi connectivity index (χ0) is 16.4. The number of aromatic nitrogens is 2. The first-order chi connectivity index (χ1) is 11.1. The second-order valence-corrected chi connectivity index (χ2v) is 6.32. The summed E-state index contributed by atoms with van der Waals surface area (Å²) in [6.07, 6.45) is 2.00. The largest absolute Gasteiger partial charge is 0.465 e. The first kappa shape index (κ1) is 15.8. The van der Waals surface area contributed by atoms with Crippen LogP contribution in [0.5, 0.6) is 0 Å². The summed E-state index contributed by atoms with van der Waals surface area (Å²) in [5.74, 6) is -0.457. The van der Waals surface area contributed by atoms with Crippen LogP contribution in [-0.2, 0) is 11.3 Å². The van der Waals surface area contributed by atoms with E-state index in [1.807, 2.05) is 31.3 Å². The molecule has 0 fully saturated rings. The number of rotatable bonds is 5. The molecule has 7 heteroatoms. The van der Waals surface area contributed by atoms with Crippen molar-refractivity contribution in [2.45, 2.75) is 13.5 Å². The average Bonchev–Trinajstić information content (AvgIpc) is 3.15. The van der Waals surface area contributed by atoms with Gasteiger partial charge in [-0.1, -0.05) is 41.1 Å². The first-order valence-corrected chi connectivity index (χ1v) is 8.38. The molecule has 0 amide bonds. The number of hydrogen-bond acceptors (Lipinski definition) is 5. The number of methoxy groups -OCH3 is 1. The van der Waals surface area contributed by atoms with Crippen molar-refractivity contribution >= 4 is 44.9 Å². The van der Waals surface area contributed by atoms with Crippen LogP contribution >= 0.6 is 22.9 Å². The lowest BCUT2D eigenvalue weighted by Crippen LogP contribution is -2.21. The van der Waals surface area contributed by atoms with Crippen LogP contribution in [0.3, 0.4) is 0 Å². The Balaban J connectivity index is 1.90. The van der Waals surface area contributed by atoms with Gasteiger partial charge in [-0.05, 0) is 18.6 Å². The van der Waals surface area contributed by atoms with E-state index in [9.17, 15) is 4.79 Å². The van der Waals surface area contributed by atoms with Gasteiger partial charge in [-0.3, -0.25) is 0 Å². The van der Waals surface area contributed by atoms with Crippen molar-refractivity contribution < 1.29 is 9.53 Å². The molecular formula is C16H16ClN3O2S. The van der Waals surface area contributed by atoms with Crippen LogP contribution in [-0.4, -0.2) is 29.6 Å². The Kier molecular flexibility index (Phi) is 4.54. The Labute approximate surface area is 142 Å². The second kappa shape index (κ2) is 6.60. The van der Waals surface area contributed by atoms with Gasteiger partial charge in [-0.2, -0.15) is 0 Å². The van der Waals surface area contributed by atoms with Gasteiger partial charge in [0.2, 0.25) is 0 Å². The van der Waals surface area contributed by atoms with Gasteiger partial charge >= 0.3 is 5.97 Å². The Hall–Kier alpha value is -2.05. The predicted octanol–water partition coefficient (Wildman–Crippen LogP) is 4.09. The standard InChI is InChI=1S/C16H16ClN3O2S/c1-3-20(16-19-14(17)13(23-16)15(21)22-2)9-10-8-18-12-7-5-4-6-11(10)12/h4-8,18H,3,9H2,1-2H3. The van der Waals surface area contributed by atoms with Crippen LogP contribution in [0.25, 0.3) is 10.9 Å². The molecule has 5 nitrogen and oxygen atoms in total. The van der Waals surface area contributed by atoms with Gasteiger partial charge < -0.3 is 14.6 Å². The number of esters is 1. The van der Waals surface area contributed by atoms with Crippen LogP contribution < -0.4 is 4.90 Å². The fourth-order valence-corrected chi connectivity index (χ4v) is 3.69. The van der Waals surface area contributed by atoms with Crippen molar-refractivity contribution in [3.05, 3.63) is 46.1 Å². The highest BCUT2D eigenvalue weighted by molar-refractivity contribution is 7.18. The van der Waals surface area contributed by atoms with E-state index >= 15 is 0 Å². The summed E-state index contributed by atoms with van der Waals surface area (Å²) >= 11 is 7.31. The number of hydrogen-bond donors (Lipinski definition) is 1. The first-order valence-electron chi connectivity index (χ1n) is 7.18. The van der Waals surface area contributed by atoms with E-state index in [1.54, 1.807) is 0 Å². The molecule has 0 aliphatic rings. The third-order valence-corrected chi connectivity index (χ3v) is 5.12. The minimum absolute atomic E-state index is 0.189. The van der Waals surface area contributed by atoms with Crippen LogP contribution in [0.2, 0.25) is 5.15 Å². The smallest absolute Gasteiger partial charge is 0.351 e. The summed E-state index contributed by atoms with van der Waals surface area (Å²) in [6, 6.07) is 8.16. The quantitative estimate of drug-likeness (QED) is 0.705. The number of fused-ring (bicyclic) bond motifs is 1. The molecular weight excluding hydrogens is 334 g/mol. The lowest BCUT2D eigenvalue weighted by atomic mass is 10.1. The summed E-state index contributed by atoms with van der Waals surface area (Å²) in [7, 11) is 1.33. The SMILES string of the molecule is CCN(Cc1c[nH]c2ccccc12)c1nc(Cl)c(C(=O)OC)s1. The molecule has 1 aromatic carbocycles. The van der Waals surface area contributed by atoms with Gasteiger partial charge in [0.05, 0.1) is 7.11 Å². The molecule has 0 saturated heterocycles. The zero-order valence-electron chi connectivity index (χ0n) is 12.8. The molecule has 2 heterocycles. The fraction of sp³-hybridized carbons (Fsp3) is 0.250. The van der Waals surface area contributed by atoms with Gasteiger partial charge in [-0.15, -0.1) is 0 Å². The maximum atomic E-state index is 11.7. The molecule has 0 bridgehead atoms. The number of carbonyl (C=O) groups is 1. The summed E-state index contributed by atoms with van der Waals surface area (Å²) in [4.78, 5) is 21.7. The number of halogens is 1. The zero-order valence-corrected chi connectivity index (χ0v) is 14.4. The topological polar surface area (TPSA) is 58.2 Å². The number of para-hydroxylation sites is 1. The molecule has 0 spiro atoms. The molecule has 1 N–H and O–H groups in total. The minimum atomic E-state index is -0.457. The number of nitrogens with zero attached hydrogens (tertiary/aromatic N) is 2. The Morgan fingerprint density at radius 1 is 1.43 bits per heavy atom. The Morgan fingerprint density at radius 2 is 2.22 bits per heavy atom.